The van der Waals surface area contributed by atoms with E-state index < -0.39 is 4.92 Å². The zero-order valence-electron chi connectivity index (χ0n) is 12.7. The van der Waals surface area contributed by atoms with Crippen LogP contribution < -0.4 is 5.32 Å². The van der Waals surface area contributed by atoms with E-state index in [1.165, 1.54) is 6.33 Å². The van der Waals surface area contributed by atoms with E-state index in [1.54, 1.807) is 0 Å². The van der Waals surface area contributed by atoms with Gasteiger partial charge in [-0.15, -0.1) is 0 Å². The van der Waals surface area contributed by atoms with Gasteiger partial charge in [0.2, 0.25) is 11.0 Å². The molecule has 118 valence electrons. The molecular weight excluding hydrogens is 294 g/mol. The normalized spacial score (nSPS) is 12.4. The molecule has 0 aliphatic rings. The molecule has 1 rings (SSSR count). The van der Waals surface area contributed by atoms with Gasteiger partial charge in [0, 0.05) is 6.04 Å². The topological polar surface area (TPSA) is 84.2 Å². The molecule has 1 atom stereocenters. The molecule has 0 spiro atoms. The minimum absolute atomic E-state index is 0.0743. The van der Waals surface area contributed by atoms with Gasteiger partial charge in [0.1, 0.15) is 6.33 Å². The predicted octanol–water partition coefficient (Wildman–Crippen LogP) is 2.96. The van der Waals surface area contributed by atoms with Gasteiger partial charge < -0.3 is 10.2 Å². The van der Waals surface area contributed by atoms with Crippen molar-refractivity contribution in [2.45, 2.75) is 39.7 Å². The van der Waals surface area contributed by atoms with E-state index >= 15 is 0 Å². The van der Waals surface area contributed by atoms with Gasteiger partial charge in [-0.3, -0.25) is 10.1 Å². The lowest BCUT2D eigenvalue weighted by Crippen LogP contribution is -2.26. The summed E-state index contributed by atoms with van der Waals surface area (Å²) in [4.78, 5) is 20.3. The van der Waals surface area contributed by atoms with Crippen molar-refractivity contribution in [3.8, 4) is 0 Å². The first kappa shape index (κ1) is 17.6. The molecule has 0 aliphatic heterocycles. The quantitative estimate of drug-likeness (QED) is 0.428. The molecule has 0 aliphatic carbocycles. The van der Waals surface area contributed by atoms with Crippen molar-refractivity contribution >= 4 is 23.1 Å². The van der Waals surface area contributed by atoms with Crippen LogP contribution in [-0.2, 0) is 0 Å². The molecule has 8 heteroatoms. The maximum Gasteiger partial charge on any atom is 0.348 e. The zero-order valence-corrected chi connectivity index (χ0v) is 13.4. The number of anilines is 1. The average molecular weight is 316 g/mol. The smallest absolute Gasteiger partial charge is 0.348 e. The second-order valence-electron chi connectivity index (χ2n) is 4.83. The Morgan fingerprint density at radius 2 is 2.10 bits per heavy atom. The van der Waals surface area contributed by atoms with Crippen molar-refractivity contribution in [2.24, 2.45) is 0 Å². The molecule has 21 heavy (non-hydrogen) atoms. The van der Waals surface area contributed by atoms with Crippen molar-refractivity contribution in [3.05, 3.63) is 21.6 Å². The summed E-state index contributed by atoms with van der Waals surface area (Å²) >= 11 is 5.75. The van der Waals surface area contributed by atoms with Crippen molar-refractivity contribution in [1.82, 2.24) is 14.9 Å². The third-order valence-corrected chi connectivity index (χ3v) is 3.63. The number of hydrogen-bond donors (Lipinski definition) is 1. The Labute approximate surface area is 129 Å². The monoisotopic (exact) mass is 315 g/mol. The van der Waals surface area contributed by atoms with Crippen LogP contribution in [0.2, 0.25) is 5.15 Å². The summed E-state index contributed by atoms with van der Waals surface area (Å²) in [6.45, 7) is 9.33. The van der Waals surface area contributed by atoms with Gasteiger partial charge in [0.25, 0.3) is 0 Å². The van der Waals surface area contributed by atoms with E-state index in [0.717, 1.165) is 32.5 Å². The summed E-state index contributed by atoms with van der Waals surface area (Å²) < 4.78 is 0. The highest BCUT2D eigenvalue weighted by Gasteiger charge is 2.22. The Morgan fingerprint density at radius 1 is 1.43 bits per heavy atom. The number of nitro groups is 1. The fourth-order valence-corrected chi connectivity index (χ4v) is 2.29. The number of nitrogens with one attached hydrogen (secondary N) is 1. The second kappa shape index (κ2) is 8.74. The highest BCUT2D eigenvalue weighted by molar-refractivity contribution is 6.31. The SMILES string of the molecule is CCN(CC)CCCC(C)Nc1ncnc(Cl)c1[N+](=O)[O-]. The molecule has 1 aromatic heterocycles. The minimum atomic E-state index is -0.562. The molecule has 0 saturated heterocycles. The Morgan fingerprint density at radius 3 is 2.67 bits per heavy atom. The van der Waals surface area contributed by atoms with Gasteiger partial charge in [-0.1, -0.05) is 25.4 Å². The first-order chi connectivity index (χ1) is 9.99. The summed E-state index contributed by atoms with van der Waals surface area (Å²) in [5, 5.41) is 13.9. The molecule has 1 heterocycles. The molecule has 1 unspecified atom stereocenters. The van der Waals surface area contributed by atoms with Gasteiger partial charge in [-0.05, 0) is 39.4 Å². The lowest BCUT2D eigenvalue weighted by Gasteiger charge is -2.19. The first-order valence-electron chi connectivity index (χ1n) is 7.13. The van der Waals surface area contributed by atoms with Gasteiger partial charge in [-0.2, -0.15) is 0 Å². The molecule has 0 bridgehead atoms. The Hall–Kier alpha value is -1.47. The van der Waals surface area contributed by atoms with Crippen LogP contribution >= 0.6 is 11.6 Å². The van der Waals surface area contributed by atoms with Crippen LogP contribution in [0.3, 0.4) is 0 Å². The summed E-state index contributed by atoms with van der Waals surface area (Å²) in [7, 11) is 0. The lowest BCUT2D eigenvalue weighted by molar-refractivity contribution is -0.384. The molecule has 1 N–H and O–H groups in total. The highest BCUT2D eigenvalue weighted by Crippen LogP contribution is 2.28. The molecule has 7 nitrogen and oxygen atoms in total. The van der Waals surface area contributed by atoms with Crippen LogP contribution in [0.1, 0.15) is 33.6 Å². The van der Waals surface area contributed by atoms with Crippen LogP contribution in [0.4, 0.5) is 11.5 Å². The van der Waals surface area contributed by atoms with E-state index in [-0.39, 0.29) is 22.7 Å². The minimum Gasteiger partial charge on any atom is -0.362 e. The van der Waals surface area contributed by atoms with Gasteiger partial charge in [-0.25, -0.2) is 9.97 Å². The number of halogens is 1. The first-order valence-corrected chi connectivity index (χ1v) is 7.51. The maximum atomic E-state index is 11.0. The van der Waals surface area contributed by atoms with Crippen LogP contribution in [0.15, 0.2) is 6.33 Å². The highest BCUT2D eigenvalue weighted by atomic mass is 35.5. The largest absolute Gasteiger partial charge is 0.362 e. The fourth-order valence-electron chi connectivity index (χ4n) is 2.09. The van der Waals surface area contributed by atoms with E-state index in [0.29, 0.717) is 0 Å². The summed E-state index contributed by atoms with van der Waals surface area (Å²) in [5.41, 5.74) is -0.269. The molecule has 0 fully saturated rings. The number of hydrogen-bond acceptors (Lipinski definition) is 6. The Bertz CT molecular complexity index is 468. The predicted molar refractivity (Wildman–Crippen MR) is 83.8 cm³/mol. The molecule has 0 amide bonds. The zero-order chi connectivity index (χ0) is 15.8. The third kappa shape index (κ3) is 5.43. The van der Waals surface area contributed by atoms with Crippen LogP contribution in [0, 0.1) is 10.1 Å². The van der Waals surface area contributed by atoms with E-state index in [1.807, 2.05) is 6.92 Å². The molecule has 0 radical (unpaired) electrons. The number of nitrogens with zero attached hydrogens (tertiary/aromatic N) is 4. The molecule has 1 aromatic rings. The third-order valence-electron chi connectivity index (χ3n) is 3.35. The van der Waals surface area contributed by atoms with Crippen molar-refractivity contribution < 1.29 is 4.92 Å². The second-order valence-corrected chi connectivity index (χ2v) is 5.19. The van der Waals surface area contributed by atoms with E-state index in [2.05, 4.69) is 34.0 Å². The van der Waals surface area contributed by atoms with Crippen molar-refractivity contribution in [1.29, 1.82) is 0 Å². The average Bonchev–Trinajstić information content (AvgIpc) is 2.43. The summed E-state index contributed by atoms with van der Waals surface area (Å²) in [5.74, 6) is 0.176. The fraction of sp³-hybridized carbons (Fsp3) is 0.692. The number of aromatic nitrogens is 2. The summed E-state index contributed by atoms with van der Waals surface area (Å²) in [6.07, 6.45) is 3.14. The Kier molecular flexibility index (Phi) is 7.31. The van der Waals surface area contributed by atoms with Crippen LogP contribution in [0.25, 0.3) is 0 Å². The van der Waals surface area contributed by atoms with Crippen LogP contribution in [-0.4, -0.2) is 45.5 Å². The van der Waals surface area contributed by atoms with Crippen molar-refractivity contribution in [3.63, 3.8) is 0 Å². The maximum absolute atomic E-state index is 11.0. The molecular formula is C13H22ClN5O2. The van der Waals surface area contributed by atoms with Gasteiger partial charge in [0.05, 0.1) is 4.92 Å². The van der Waals surface area contributed by atoms with Crippen LogP contribution in [0.5, 0.6) is 0 Å². The standard InChI is InChI=1S/C13H22ClN5O2/c1-4-18(5-2)8-6-7-10(3)17-13-11(19(20)21)12(14)15-9-16-13/h9-10H,4-8H2,1-3H3,(H,15,16,17). The lowest BCUT2D eigenvalue weighted by atomic mass is 10.1. The Balaban J connectivity index is 2.57. The van der Waals surface area contributed by atoms with Gasteiger partial charge >= 0.3 is 5.69 Å². The molecule has 0 aromatic carbocycles. The van der Waals surface area contributed by atoms with E-state index in [4.69, 9.17) is 11.6 Å². The molecule has 0 saturated carbocycles. The van der Waals surface area contributed by atoms with Crippen molar-refractivity contribution in [2.75, 3.05) is 25.0 Å². The number of rotatable bonds is 9. The summed E-state index contributed by atoms with van der Waals surface area (Å²) in [6, 6.07) is 0.0743. The van der Waals surface area contributed by atoms with E-state index in [9.17, 15) is 10.1 Å². The van der Waals surface area contributed by atoms with Gasteiger partial charge in [0.15, 0.2) is 0 Å².